The number of nitrogen functional groups attached to an aromatic ring is 1. The first-order valence-electron chi connectivity index (χ1n) is 11.5. The maximum atomic E-state index is 12.8. The Kier molecular flexibility index (Phi) is 6.10. The first-order chi connectivity index (χ1) is 15.1. The third-order valence-corrected chi connectivity index (χ3v) is 8.07. The van der Waals surface area contributed by atoms with Crippen LogP contribution in [-0.2, 0) is 28.9 Å². The van der Waals surface area contributed by atoms with Gasteiger partial charge in [0.25, 0.3) is 0 Å². The zero-order chi connectivity index (χ0) is 21.4. The van der Waals surface area contributed by atoms with Crippen molar-refractivity contribution in [1.29, 1.82) is 0 Å². The molecule has 31 heavy (non-hydrogen) atoms. The molecule has 8 nitrogen and oxygen atoms in total. The Labute approximate surface area is 187 Å². The van der Waals surface area contributed by atoms with Gasteiger partial charge in [-0.25, -0.2) is 9.97 Å². The molecule has 1 unspecified atom stereocenters. The van der Waals surface area contributed by atoms with Crippen molar-refractivity contribution < 1.29 is 9.53 Å². The number of carbonyl (C=O) groups excluding carboxylic acids is 1. The van der Waals surface area contributed by atoms with Gasteiger partial charge in [0, 0.05) is 44.1 Å². The van der Waals surface area contributed by atoms with Gasteiger partial charge in [0.05, 0.1) is 31.2 Å². The molecule has 0 aromatic carbocycles. The number of anilines is 1. The summed E-state index contributed by atoms with van der Waals surface area (Å²) in [5.41, 5.74) is 7.77. The first kappa shape index (κ1) is 21.1. The lowest BCUT2D eigenvalue weighted by molar-refractivity contribution is -0.141. The van der Waals surface area contributed by atoms with Crippen molar-refractivity contribution in [3.05, 3.63) is 16.3 Å². The lowest BCUT2D eigenvalue weighted by Crippen LogP contribution is -2.55. The maximum absolute atomic E-state index is 12.8. The van der Waals surface area contributed by atoms with Crippen LogP contribution in [0.5, 0.6) is 0 Å². The molecule has 2 aliphatic heterocycles. The molecule has 4 heterocycles. The van der Waals surface area contributed by atoms with Crippen LogP contribution in [0.2, 0.25) is 0 Å². The number of rotatable bonds is 4. The summed E-state index contributed by atoms with van der Waals surface area (Å²) in [6.07, 6.45) is 4.74. The Balaban J connectivity index is 1.20. The molecular weight excluding hydrogens is 412 g/mol. The highest BCUT2D eigenvalue weighted by molar-refractivity contribution is 7.19. The summed E-state index contributed by atoms with van der Waals surface area (Å²) in [5.74, 6) is 1.68. The Bertz CT molecular complexity index is 949. The molecule has 0 spiro atoms. The second kappa shape index (κ2) is 8.97. The molecule has 168 valence electrons. The Hall–Kier alpha value is -1.81. The van der Waals surface area contributed by atoms with E-state index in [0.29, 0.717) is 38.7 Å². The average molecular weight is 445 g/mol. The highest BCUT2D eigenvalue weighted by Crippen LogP contribution is 2.37. The number of morpholine rings is 1. The van der Waals surface area contributed by atoms with Crippen LogP contribution in [0.4, 0.5) is 5.82 Å². The zero-order valence-electron chi connectivity index (χ0n) is 18.3. The SMILES string of the molecule is CC(C(=O)N1CCOCC1)N1CCN(Cc2nc(N)c3c4c(sc3n2)CCCC4)CC1. The minimum Gasteiger partial charge on any atom is -0.383 e. The van der Waals surface area contributed by atoms with Crippen molar-refractivity contribution in [2.75, 3.05) is 58.2 Å². The van der Waals surface area contributed by atoms with E-state index in [2.05, 4.69) is 14.8 Å². The van der Waals surface area contributed by atoms with E-state index in [9.17, 15) is 4.79 Å². The van der Waals surface area contributed by atoms with Crippen molar-refractivity contribution in [1.82, 2.24) is 24.7 Å². The standard InChI is InChI=1S/C22H32N6O2S/c1-15(22(29)28-10-12-30-13-11-28)27-8-6-26(7-9-27)14-18-24-20(23)19-16-4-2-3-5-17(16)31-21(19)25-18/h15H,2-14H2,1H3,(H2,23,24,25). The molecule has 1 atom stereocenters. The fraction of sp³-hybridized carbons (Fsp3) is 0.682. The second-order valence-electron chi connectivity index (χ2n) is 8.84. The molecule has 2 aromatic rings. The summed E-state index contributed by atoms with van der Waals surface area (Å²) >= 11 is 1.80. The summed E-state index contributed by atoms with van der Waals surface area (Å²) in [6, 6.07) is -0.0825. The minimum absolute atomic E-state index is 0.0825. The van der Waals surface area contributed by atoms with Crippen LogP contribution >= 0.6 is 11.3 Å². The smallest absolute Gasteiger partial charge is 0.239 e. The fourth-order valence-corrected chi connectivity index (χ4v) is 6.30. The maximum Gasteiger partial charge on any atom is 0.239 e. The van der Waals surface area contributed by atoms with E-state index in [4.69, 9.17) is 15.5 Å². The molecular formula is C22H32N6O2S. The quantitative estimate of drug-likeness (QED) is 0.765. The number of amides is 1. The van der Waals surface area contributed by atoms with Crippen molar-refractivity contribution in [3.63, 3.8) is 0 Å². The molecule has 2 aromatic heterocycles. The molecule has 5 rings (SSSR count). The first-order valence-corrected chi connectivity index (χ1v) is 12.3. The third-order valence-electron chi connectivity index (χ3n) is 6.89. The van der Waals surface area contributed by atoms with Gasteiger partial charge in [-0.05, 0) is 38.2 Å². The Morgan fingerprint density at radius 2 is 1.84 bits per heavy atom. The normalized spacial score (nSPS) is 21.9. The number of nitrogens with zero attached hydrogens (tertiary/aromatic N) is 5. The number of hydrogen-bond donors (Lipinski definition) is 1. The summed E-state index contributed by atoms with van der Waals surface area (Å²) in [6.45, 7) is 9.01. The lowest BCUT2D eigenvalue weighted by Gasteiger charge is -2.39. The van der Waals surface area contributed by atoms with E-state index in [0.717, 1.165) is 55.1 Å². The number of ether oxygens (including phenoxy) is 1. The predicted octanol–water partition coefficient (Wildman–Crippen LogP) is 1.52. The number of piperazine rings is 1. The molecule has 0 bridgehead atoms. The largest absolute Gasteiger partial charge is 0.383 e. The Morgan fingerprint density at radius 1 is 1.10 bits per heavy atom. The number of aryl methyl sites for hydroxylation is 2. The van der Waals surface area contributed by atoms with Crippen LogP contribution in [0.25, 0.3) is 10.2 Å². The molecule has 3 aliphatic rings. The highest BCUT2D eigenvalue weighted by Gasteiger charge is 2.30. The van der Waals surface area contributed by atoms with E-state index < -0.39 is 0 Å². The molecule has 2 fully saturated rings. The predicted molar refractivity (Wildman–Crippen MR) is 122 cm³/mol. The van der Waals surface area contributed by atoms with Gasteiger partial charge in [-0.2, -0.15) is 0 Å². The van der Waals surface area contributed by atoms with E-state index in [1.807, 2.05) is 11.8 Å². The number of thiophene rings is 1. The van der Waals surface area contributed by atoms with Crippen LogP contribution in [-0.4, -0.2) is 89.1 Å². The number of aromatic nitrogens is 2. The number of fused-ring (bicyclic) bond motifs is 3. The summed E-state index contributed by atoms with van der Waals surface area (Å²) in [4.78, 5) is 31.4. The van der Waals surface area contributed by atoms with E-state index in [-0.39, 0.29) is 11.9 Å². The van der Waals surface area contributed by atoms with Crippen molar-refractivity contribution in [2.24, 2.45) is 0 Å². The van der Waals surface area contributed by atoms with Gasteiger partial charge in [0.15, 0.2) is 0 Å². The summed E-state index contributed by atoms with van der Waals surface area (Å²) in [7, 11) is 0. The number of hydrogen-bond acceptors (Lipinski definition) is 8. The van der Waals surface area contributed by atoms with Crippen molar-refractivity contribution in [3.8, 4) is 0 Å². The van der Waals surface area contributed by atoms with Gasteiger partial charge >= 0.3 is 0 Å². The van der Waals surface area contributed by atoms with Crippen molar-refractivity contribution >= 4 is 33.3 Å². The van der Waals surface area contributed by atoms with E-state index >= 15 is 0 Å². The monoisotopic (exact) mass is 444 g/mol. The van der Waals surface area contributed by atoms with Crippen LogP contribution < -0.4 is 5.73 Å². The van der Waals surface area contributed by atoms with Crippen molar-refractivity contribution in [2.45, 2.75) is 45.2 Å². The molecule has 0 radical (unpaired) electrons. The third kappa shape index (κ3) is 4.28. The fourth-order valence-electron chi connectivity index (χ4n) is 5.02. The molecule has 1 amide bonds. The van der Waals surface area contributed by atoms with Gasteiger partial charge in [-0.15, -0.1) is 11.3 Å². The number of carbonyl (C=O) groups is 1. The van der Waals surface area contributed by atoms with Gasteiger partial charge in [0.2, 0.25) is 5.91 Å². The van der Waals surface area contributed by atoms with Crippen LogP contribution in [0, 0.1) is 0 Å². The van der Waals surface area contributed by atoms with Gasteiger partial charge in [-0.3, -0.25) is 14.6 Å². The highest BCUT2D eigenvalue weighted by atomic mass is 32.1. The summed E-state index contributed by atoms with van der Waals surface area (Å²) < 4.78 is 5.37. The van der Waals surface area contributed by atoms with Crippen LogP contribution in [0.15, 0.2) is 0 Å². The van der Waals surface area contributed by atoms with Crippen LogP contribution in [0.3, 0.4) is 0 Å². The topological polar surface area (TPSA) is 87.8 Å². The average Bonchev–Trinajstić information content (AvgIpc) is 3.18. The van der Waals surface area contributed by atoms with E-state index in [1.54, 1.807) is 11.3 Å². The van der Waals surface area contributed by atoms with Gasteiger partial charge in [-0.1, -0.05) is 0 Å². The molecule has 2 saturated heterocycles. The van der Waals surface area contributed by atoms with E-state index in [1.165, 1.54) is 23.3 Å². The molecule has 9 heteroatoms. The second-order valence-corrected chi connectivity index (χ2v) is 9.93. The zero-order valence-corrected chi connectivity index (χ0v) is 19.1. The number of nitrogens with two attached hydrogens (primary N) is 1. The lowest BCUT2D eigenvalue weighted by atomic mass is 9.97. The van der Waals surface area contributed by atoms with Gasteiger partial charge < -0.3 is 15.4 Å². The molecule has 2 N–H and O–H groups in total. The molecule has 1 aliphatic carbocycles. The minimum atomic E-state index is -0.0825. The summed E-state index contributed by atoms with van der Waals surface area (Å²) in [5, 5.41) is 1.10. The van der Waals surface area contributed by atoms with Gasteiger partial charge in [0.1, 0.15) is 16.5 Å². The van der Waals surface area contributed by atoms with Crippen LogP contribution in [0.1, 0.15) is 36.0 Å². The molecule has 0 saturated carbocycles. The Morgan fingerprint density at radius 3 is 2.61 bits per heavy atom.